The van der Waals surface area contributed by atoms with Gasteiger partial charge in [0, 0.05) is 30.9 Å². The Morgan fingerprint density at radius 2 is 1.93 bits per heavy atom. The monoisotopic (exact) mass is 386 g/mol. The molecule has 1 aromatic carbocycles. The van der Waals surface area contributed by atoms with Crippen LogP contribution in [0.5, 0.6) is 0 Å². The molecule has 1 heterocycles. The molecule has 1 saturated carbocycles. The Hall–Kier alpha value is -2.08. The normalized spacial score (nSPS) is 27.9. The number of amides is 3. The zero-order valence-electron chi connectivity index (χ0n) is 17.2. The summed E-state index contributed by atoms with van der Waals surface area (Å²) in [6.45, 7) is 6.12. The third-order valence-corrected chi connectivity index (χ3v) is 6.24. The Morgan fingerprint density at radius 1 is 1.18 bits per heavy atom. The van der Waals surface area contributed by atoms with Crippen LogP contribution < -0.4 is 16.4 Å². The number of benzene rings is 1. The maximum absolute atomic E-state index is 13.1. The summed E-state index contributed by atoms with van der Waals surface area (Å²) >= 11 is 0. The zero-order chi connectivity index (χ0) is 20.1. The van der Waals surface area contributed by atoms with E-state index in [0.29, 0.717) is 13.1 Å². The van der Waals surface area contributed by atoms with E-state index in [1.165, 1.54) is 0 Å². The highest BCUT2D eigenvalue weighted by atomic mass is 16.2. The summed E-state index contributed by atoms with van der Waals surface area (Å²) < 4.78 is 0. The number of hydrogen-bond acceptors (Lipinski definition) is 3. The van der Waals surface area contributed by atoms with E-state index >= 15 is 0 Å². The molecule has 1 aliphatic heterocycles. The van der Waals surface area contributed by atoms with Gasteiger partial charge in [0.15, 0.2) is 0 Å². The summed E-state index contributed by atoms with van der Waals surface area (Å²) in [4.78, 5) is 27.2. The molecule has 1 aliphatic carbocycles. The van der Waals surface area contributed by atoms with Crippen LogP contribution in [0.1, 0.15) is 51.0 Å². The number of carbonyl (C=O) groups excluding carboxylic acids is 2. The molecule has 6 heteroatoms. The van der Waals surface area contributed by atoms with Crippen molar-refractivity contribution in [2.75, 3.05) is 25.0 Å². The van der Waals surface area contributed by atoms with Crippen LogP contribution in [-0.2, 0) is 4.79 Å². The van der Waals surface area contributed by atoms with Gasteiger partial charge in [-0.3, -0.25) is 4.79 Å². The van der Waals surface area contributed by atoms with Gasteiger partial charge in [0.2, 0.25) is 5.91 Å². The standard InChI is InChI=1S/C22H34N4O2/c1-16-8-10-18(11-9-16)25-21(28)24-14-17-6-5-13-26(15-17)20(27)19-7-3-4-12-22(19,2)23/h8-11,17,19H,3-7,12-15,23H2,1-2H3,(H2,24,25,28). The van der Waals surface area contributed by atoms with Crippen molar-refractivity contribution >= 4 is 17.6 Å². The lowest BCUT2D eigenvalue weighted by molar-refractivity contribution is -0.140. The fraction of sp³-hybridized carbons (Fsp3) is 0.636. The first-order valence-electron chi connectivity index (χ1n) is 10.5. The van der Waals surface area contributed by atoms with Gasteiger partial charge in [0.1, 0.15) is 0 Å². The Morgan fingerprint density at radius 3 is 2.64 bits per heavy atom. The summed E-state index contributed by atoms with van der Waals surface area (Å²) in [6, 6.07) is 7.52. The number of carbonyl (C=O) groups is 2. The first kappa shape index (κ1) is 20.6. The average molecular weight is 387 g/mol. The minimum absolute atomic E-state index is 0.0715. The third kappa shape index (κ3) is 5.25. The van der Waals surface area contributed by atoms with Crippen LogP contribution in [0.3, 0.4) is 0 Å². The number of nitrogens with zero attached hydrogens (tertiary/aromatic N) is 1. The first-order valence-corrected chi connectivity index (χ1v) is 10.5. The van der Waals surface area contributed by atoms with E-state index in [-0.39, 0.29) is 23.8 Å². The van der Waals surface area contributed by atoms with E-state index in [0.717, 1.165) is 56.3 Å². The summed E-state index contributed by atoms with van der Waals surface area (Å²) in [7, 11) is 0. The zero-order valence-corrected chi connectivity index (χ0v) is 17.2. The molecule has 2 aliphatic rings. The highest BCUT2D eigenvalue weighted by Gasteiger charge is 2.40. The lowest BCUT2D eigenvalue weighted by atomic mass is 9.73. The number of likely N-dealkylation sites (tertiary alicyclic amines) is 1. The van der Waals surface area contributed by atoms with Gasteiger partial charge < -0.3 is 21.3 Å². The summed E-state index contributed by atoms with van der Waals surface area (Å²) in [5.74, 6) is 0.422. The van der Waals surface area contributed by atoms with Crippen molar-refractivity contribution in [1.29, 1.82) is 0 Å². The Bertz CT molecular complexity index is 686. The Labute approximate surface area is 168 Å². The fourth-order valence-electron chi connectivity index (χ4n) is 4.47. The van der Waals surface area contributed by atoms with Crippen LogP contribution in [0.25, 0.3) is 0 Å². The van der Waals surface area contributed by atoms with Gasteiger partial charge in [0.05, 0.1) is 5.92 Å². The van der Waals surface area contributed by atoms with Crippen molar-refractivity contribution in [1.82, 2.24) is 10.2 Å². The molecule has 1 saturated heterocycles. The molecule has 0 bridgehead atoms. The number of nitrogens with one attached hydrogen (secondary N) is 2. The molecule has 3 amide bonds. The molecule has 4 N–H and O–H groups in total. The van der Waals surface area contributed by atoms with Gasteiger partial charge in [-0.1, -0.05) is 30.5 Å². The van der Waals surface area contributed by atoms with Crippen molar-refractivity contribution in [2.24, 2.45) is 17.6 Å². The van der Waals surface area contributed by atoms with E-state index in [1.54, 1.807) is 0 Å². The Balaban J connectivity index is 1.48. The smallest absolute Gasteiger partial charge is 0.319 e. The lowest BCUT2D eigenvalue weighted by Gasteiger charge is -2.42. The second-order valence-corrected chi connectivity index (χ2v) is 8.80. The SMILES string of the molecule is Cc1ccc(NC(=O)NCC2CCCN(C(=O)C3CCCCC3(C)N)C2)cc1. The maximum atomic E-state index is 13.1. The van der Waals surface area contributed by atoms with Crippen molar-refractivity contribution < 1.29 is 9.59 Å². The second kappa shape index (κ2) is 8.95. The molecular formula is C22H34N4O2. The number of piperidine rings is 1. The van der Waals surface area contributed by atoms with Crippen LogP contribution in [0, 0.1) is 18.8 Å². The average Bonchev–Trinajstić information content (AvgIpc) is 2.68. The van der Waals surface area contributed by atoms with Gasteiger partial charge in [-0.15, -0.1) is 0 Å². The highest BCUT2D eigenvalue weighted by molar-refractivity contribution is 5.89. The van der Waals surface area contributed by atoms with Gasteiger partial charge in [0.25, 0.3) is 0 Å². The predicted octanol–water partition coefficient (Wildman–Crippen LogP) is 3.26. The molecular weight excluding hydrogens is 352 g/mol. The van der Waals surface area contributed by atoms with E-state index in [4.69, 9.17) is 5.73 Å². The quantitative estimate of drug-likeness (QED) is 0.742. The van der Waals surface area contributed by atoms with E-state index in [2.05, 4.69) is 10.6 Å². The lowest BCUT2D eigenvalue weighted by Crippen LogP contribution is -2.55. The van der Waals surface area contributed by atoms with Crippen LogP contribution >= 0.6 is 0 Å². The van der Waals surface area contributed by atoms with Crippen molar-refractivity contribution in [3.05, 3.63) is 29.8 Å². The number of anilines is 1. The van der Waals surface area contributed by atoms with Gasteiger partial charge in [-0.25, -0.2) is 4.79 Å². The first-order chi connectivity index (χ1) is 13.3. The van der Waals surface area contributed by atoms with Gasteiger partial charge >= 0.3 is 6.03 Å². The van der Waals surface area contributed by atoms with Crippen molar-refractivity contribution in [3.8, 4) is 0 Å². The molecule has 2 fully saturated rings. The molecule has 1 aromatic rings. The molecule has 3 atom stereocenters. The molecule has 0 radical (unpaired) electrons. The van der Waals surface area contributed by atoms with Crippen LogP contribution in [-0.4, -0.2) is 42.0 Å². The Kier molecular flexibility index (Phi) is 6.60. The molecule has 6 nitrogen and oxygen atoms in total. The maximum Gasteiger partial charge on any atom is 0.319 e. The van der Waals surface area contributed by atoms with Crippen LogP contribution in [0.4, 0.5) is 10.5 Å². The predicted molar refractivity (Wildman–Crippen MR) is 112 cm³/mol. The van der Waals surface area contributed by atoms with E-state index < -0.39 is 5.54 Å². The number of aryl methyl sites for hydroxylation is 1. The molecule has 0 aromatic heterocycles. The topological polar surface area (TPSA) is 87.5 Å². The highest BCUT2D eigenvalue weighted by Crippen LogP contribution is 2.33. The minimum atomic E-state index is -0.394. The number of urea groups is 1. The van der Waals surface area contributed by atoms with Crippen LogP contribution in [0.2, 0.25) is 0 Å². The minimum Gasteiger partial charge on any atom is -0.342 e. The fourth-order valence-corrected chi connectivity index (χ4v) is 4.47. The number of nitrogens with two attached hydrogens (primary N) is 1. The van der Waals surface area contributed by atoms with Gasteiger partial charge in [-0.05, 0) is 57.6 Å². The summed E-state index contributed by atoms with van der Waals surface area (Å²) in [6.07, 6.45) is 6.01. The molecule has 28 heavy (non-hydrogen) atoms. The second-order valence-electron chi connectivity index (χ2n) is 8.80. The summed E-state index contributed by atoms with van der Waals surface area (Å²) in [5, 5.41) is 5.82. The summed E-state index contributed by atoms with van der Waals surface area (Å²) in [5.41, 5.74) is 7.98. The van der Waals surface area contributed by atoms with E-state index in [9.17, 15) is 9.59 Å². The molecule has 3 rings (SSSR count). The number of hydrogen-bond donors (Lipinski definition) is 3. The number of rotatable bonds is 4. The van der Waals surface area contributed by atoms with Gasteiger partial charge in [-0.2, -0.15) is 0 Å². The van der Waals surface area contributed by atoms with E-state index in [1.807, 2.05) is 43.0 Å². The molecule has 0 spiro atoms. The largest absolute Gasteiger partial charge is 0.342 e. The molecule has 154 valence electrons. The van der Waals surface area contributed by atoms with Crippen molar-refractivity contribution in [3.63, 3.8) is 0 Å². The van der Waals surface area contributed by atoms with Crippen molar-refractivity contribution in [2.45, 2.75) is 57.9 Å². The molecule has 3 unspecified atom stereocenters. The van der Waals surface area contributed by atoms with Crippen LogP contribution in [0.15, 0.2) is 24.3 Å². The third-order valence-electron chi connectivity index (χ3n) is 6.24.